The minimum Gasteiger partial charge on any atom is -0.452 e. The molecule has 23 heavy (non-hydrogen) atoms. The van der Waals surface area contributed by atoms with Crippen molar-refractivity contribution in [2.45, 2.75) is 13.8 Å². The molecule has 0 unspecified atom stereocenters. The molecule has 0 aliphatic rings. The maximum absolute atomic E-state index is 12.9. The molecule has 0 saturated carbocycles. The first kappa shape index (κ1) is 16.5. The number of amides is 1. The van der Waals surface area contributed by atoms with Gasteiger partial charge in [-0.3, -0.25) is 4.79 Å². The molecule has 120 valence electrons. The normalized spacial score (nSPS) is 10.2. The van der Waals surface area contributed by atoms with E-state index in [0.717, 1.165) is 23.3 Å². The van der Waals surface area contributed by atoms with Crippen molar-refractivity contribution in [2.24, 2.45) is 0 Å². The number of carbonyl (C=O) groups excluding carboxylic acids is 2. The molecule has 0 spiro atoms. The molecular weight excluding hydrogens is 299 g/mol. The molecule has 0 aromatic heterocycles. The van der Waals surface area contributed by atoms with Gasteiger partial charge in [0.25, 0.3) is 5.91 Å². The fourth-order valence-electron chi connectivity index (χ4n) is 2.12. The fourth-order valence-corrected chi connectivity index (χ4v) is 2.12. The number of aryl methyl sites for hydroxylation is 2. The van der Waals surface area contributed by atoms with E-state index in [0.29, 0.717) is 5.69 Å². The lowest BCUT2D eigenvalue weighted by atomic mass is 10.1. The van der Waals surface area contributed by atoms with E-state index in [2.05, 4.69) is 5.32 Å². The lowest BCUT2D eigenvalue weighted by Gasteiger charge is -2.12. The van der Waals surface area contributed by atoms with Crippen LogP contribution >= 0.6 is 0 Å². The number of benzene rings is 2. The van der Waals surface area contributed by atoms with E-state index in [-0.39, 0.29) is 11.3 Å². The van der Waals surface area contributed by atoms with E-state index in [4.69, 9.17) is 10.5 Å². The molecule has 0 radical (unpaired) electrons. The highest BCUT2D eigenvalue weighted by Crippen LogP contribution is 2.19. The number of hydrogen-bond donors (Lipinski definition) is 2. The highest BCUT2D eigenvalue weighted by Gasteiger charge is 2.14. The summed E-state index contributed by atoms with van der Waals surface area (Å²) in [6.07, 6.45) is 0. The molecule has 2 rings (SSSR count). The summed E-state index contributed by atoms with van der Waals surface area (Å²) in [4.78, 5) is 23.8. The van der Waals surface area contributed by atoms with Crippen LogP contribution in [0.5, 0.6) is 0 Å². The topological polar surface area (TPSA) is 81.4 Å². The van der Waals surface area contributed by atoms with Crippen molar-refractivity contribution in [3.05, 3.63) is 58.9 Å². The smallest absolute Gasteiger partial charge is 0.340 e. The molecule has 0 saturated heterocycles. The van der Waals surface area contributed by atoms with Gasteiger partial charge in [0.05, 0.1) is 5.56 Å². The number of halogens is 1. The Morgan fingerprint density at radius 1 is 1.17 bits per heavy atom. The molecule has 0 aliphatic carbocycles. The van der Waals surface area contributed by atoms with Crippen LogP contribution in [0.4, 0.5) is 15.8 Å². The monoisotopic (exact) mass is 316 g/mol. The van der Waals surface area contributed by atoms with E-state index in [1.807, 2.05) is 32.0 Å². The number of hydrogen-bond acceptors (Lipinski definition) is 4. The average molecular weight is 316 g/mol. The molecule has 2 aromatic carbocycles. The molecular formula is C17H17FN2O3. The van der Waals surface area contributed by atoms with Crippen LogP contribution in [0.15, 0.2) is 36.4 Å². The van der Waals surface area contributed by atoms with Crippen molar-refractivity contribution in [1.82, 2.24) is 0 Å². The molecule has 0 atom stereocenters. The van der Waals surface area contributed by atoms with Crippen molar-refractivity contribution < 1.29 is 18.7 Å². The minimum atomic E-state index is -0.779. The lowest BCUT2D eigenvalue weighted by molar-refractivity contribution is -0.119. The van der Waals surface area contributed by atoms with Crippen LogP contribution in [0.25, 0.3) is 0 Å². The van der Waals surface area contributed by atoms with Gasteiger partial charge < -0.3 is 15.8 Å². The van der Waals surface area contributed by atoms with Crippen LogP contribution in [0.2, 0.25) is 0 Å². The molecule has 6 heteroatoms. The molecule has 5 nitrogen and oxygen atoms in total. The number of nitrogen functional groups attached to an aromatic ring is 1. The Hall–Kier alpha value is -2.89. The van der Waals surface area contributed by atoms with Crippen LogP contribution in [0.3, 0.4) is 0 Å². The van der Waals surface area contributed by atoms with Gasteiger partial charge >= 0.3 is 5.97 Å². The third kappa shape index (κ3) is 4.06. The zero-order chi connectivity index (χ0) is 17.0. The van der Waals surface area contributed by atoms with E-state index >= 15 is 0 Å². The Kier molecular flexibility index (Phi) is 4.95. The maximum Gasteiger partial charge on any atom is 0.340 e. The summed E-state index contributed by atoms with van der Waals surface area (Å²) in [6.45, 7) is 3.28. The van der Waals surface area contributed by atoms with Crippen LogP contribution < -0.4 is 11.1 Å². The number of rotatable bonds is 4. The SMILES string of the molecule is Cc1cccc(C)c1NC(=O)COC(=O)c1ccc(F)cc1N. The Morgan fingerprint density at radius 2 is 1.83 bits per heavy atom. The van der Waals surface area contributed by atoms with E-state index in [1.165, 1.54) is 6.07 Å². The highest BCUT2D eigenvalue weighted by atomic mass is 19.1. The van der Waals surface area contributed by atoms with Crippen molar-refractivity contribution in [3.8, 4) is 0 Å². The zero-order valence-corrected chi connectivity index (χ0v) is 12.9. The molecule has 0 aliphatic heterocycles. The summed E-state index contributed by atoms with van der Waals surface area (Å²) in [5.74, 6) is -1.79. The van der Waals surface area contributed by atoms with Crippen molar-refractivity contribution in [3.63, 3.8) is 0 Å². The highest BCUT2D eigenvalue weighted by molar-refractivity contribution is 5.98. The summed E-state index contributed by atoms with van der Waals surface area (Å²) in [5.41, 5.74) is 8.04. The second-order valence-electron chi connectivity index (χ2n) is 5.12. The van der Waals surface area contributed by atoms with E-state index in [9.17, 15) is 14.0 Å². The predicted molar refractivity (Wildman–Crippen MR) is 85.6 cm³/mol. The number of esters is 1. The third-order valence-corrected chi connectivity index (χ3v) is 3.31. The summed E-state index contributed by atoms with van der Waals surface area (Å²) in [7, 11) is 0. The predicted octanol–water partition coefficient (Wildman–Crippen LogP) is 2.82. The van der Waals surface area contributed by atoms with Crippen LogP contribution in [0.1, 0.15) is 21.5 Å². The summed E-state index contributed by atoms with van der Waals surface area (Å²) < 4.78 is 17.9. The van der Waals surface area contributed by atoms with Gasteiger partial charge in [0.15, 0.2) is 6.61 Å². The third-order valence-electron chi connectivity index (χ3n) is 3.31. The van der Waals surface area contributed by atoms with Gasteiger partial charge in [-0.05, 0) is 43.2 Å². The first-order valence-electron chi connectivity index (χ1n) is 6.96. The second-order valence-corrected chi connectivity index (χ2v) is 5.12. The van der Waals surface area contributed by atoms with Crippen LogP contribution in [-0.4, -0.2) is 18.5 Å². The Bertz CT molecular complexity index is 739. The molecule has 1 amide bonds. The fraction of sp³-hybridized carbons (Fsp3) is 0.176. The number of anilines is 2. The van der Waals surface area contributed by atoms with Gasteiger partial charge in [0.2, 0.25) is 0 Å². The van der Waals surface area contributed by atoms with E-state index < -0.39 is 24.3 Å². The summed E-state index contributed by atoms with van der Waals surface area (Å²) in [6, 6.07) is 8.97. The van der Waals surface area contributed by atoms with Crippen molar-refractivity contribution in [2.75, 3.05) is 17.7 Å². The standard InChI is InChI=1S/C17H17FN2O3/c1-10-4-3-5-11(2)16(10)20-15(21)9-23-17(22)13-7-6-12(18)8-14(13)19/h3-8H,9,19H2,1-2H3,(H,20,21). The van der Waals surface area contributed by atoms with Gasteiger partial charge in [0.1, 0.15) is 5.82 Å². The van der Waals surface area contributed by atoms with Gasteiger partial charge in [-0.1, -0.05) is 18.2 Å². The number of para-hydroxylation sites is 1. The quantitative estimate of drug-likeness (QED) is 0.671. The Labute approximate surface area is 133 Å². The molecule has 0 heterocycles. The minimum absolute atomic E-state index is 0.0197. The Morgan fingerprint density at radius 3 is 2.43 bits per heavy atom. The Balaban J connectivity index is 1.98. The van der Waals surface area contributed by atoms with Gasteiger partial charge in [-0.15, -0.1) is 0 Å². The summed E-state index contributed by atoms with van der Waals surface area (Å²) >= 11 is 0. The molecule has 0 bridgehead atoms. The van der Waals surface area contributed by atoms with Gasteiger partial charge in [-0.25, -0.2) is 9.18 Å². The average Bonchev–Trinajstić information content (AvgIpc) is 2.49. The van der Waals surface area contributed by atoms with Crippen LogP contribution in [0, 0.1) is 19.7 Å². The summed E-state index contributed by atoms with van der Waals surface area (Å²) in [5, 5.41) is 2.70. The van der Waals surface area contributed by atoms with Crippen molar-refractivity contribution in [1.29, 1.82) is 0 Å². The number of nitrogens with two attached hydrogens (primary N) is 1. The zero-order valence-electron chi connectivity index (χ0n) is 12.9. The largest absolute Gasteiger partial charge is 0.452 e. The molecule has 3 N–H and O–H groups in total. The number of nitrogens with one attached hydrogen (secondary N) is 1. The maximum atomic E-state index is 12.9. The molecule has 2 aromatic rings. The van der Waals surface area contributed by atoms with E-state index in [1.54, 1.807) is 0 Å². The molecule has 0 fully saturated rings. The van der Waals surface area contributed by atoms with Gasteiger partial charge in [-0.2, -0.15) is 0 Å². The van der Waals surface area contributed by atoms with Gasteiger partial charge in [0, 0.05) is 11.4 Å². The second kappa shape index (κ2) is 6.91. The van der Waals surface area contributed by atoms with Crippen molar-refractivity contribution >= 4 is 23.3 Å². The first-order valence-corrected chi connectivity index (χ1v) is 6.96. The first-order chi connectivity index (χ1) is 10.9. The van der Waals surface area contributed by atoms with Crippen LogP contribution in [-0.2, 0) is 9.53 Å². The number of ether oxygens (including phenoxy) is 1. The lowest BCUT2D eigenvalue weighted by Crippen LogP contribution is -2.22. The number of carbonyl (C=O) groups is 2.